The third kappa shape index (κ3) is 2.95. The van der Waals surface area contributed by atoms with Crippen LogP contribution in [0.25, 0.3) is 0 Å². The van der Waals surface area contributed by atoms with Crippen LogP contribution in [-0.2, 0) is 9.84 Å². The molecule has 6 heteroatoms. The largest absolute Gasteiger partial charge is 0.356 e. The number of nitrogens with zero attached hydrogens (tertiary/aromatic N) is 2. The Morgan fingerprint density at radius 2 is 2.06 bits per heavy atom. The van der Waals surface area contributed by atoms with E-state index in [1.807, 2.05) is 23.1 Å². The molecule has 4 nitrogen and oxygen atoms in total. The van der Waals surface area contributed by atoms with E-state index in [9.17, 15) is 8.42 Å². The molecule has 0 N–H and O–H groups in total. The van der Waals surface area contributed by atoms with Gasteiger partial charge in [0.15, 0.2) is 9.84 Å². The van der Waals surface area contributed by atoms with Gasteiger partial charge in [-0.3, -0.25) is 0 Å². The maximum atomic E-state index is 11.5. The number of anilines is 1. The van der Waals surface area contributed by atoms with Crippen LogP contribution >= 0.6 is 15.9 Å². The second-order valence-electron chi connectivity index (χ2n) is 3.81. The minimum absolute atomic E-state index is 0.223. The molecule has 1 fully saturated rings. The SMILES string of the molecule is O=S1(=O)CCCN(c2cccc(Br)n2)CC1. The summed E-state index contributed by atoms with van der Waals surface area (Å²) in [4.78, 5) is 6.36. The van der Waals surface area contributed by atoms with E-state index in [1.165, 1.54) is 0 Å². The minimum Gasteiger partial charge on any atom is -0.356 e. The van der Waals surface area contributed by atoms with Crippen LogP contribution in [0.4, 0.5) is 5.82 Å². The van der Waals surface area contributed by atoms with E-state index in [1.54, 1.807) is 0 Å². The molecule has 1 aromatic rings. The molecule has 0 unspecified atom stereocenters. The van der Waals surface area contributed by atoms with E-state index in [0.29, 0.717) is 13.0 Å². The molecule has 1 aliphatic rings. The quantitative estimate of drug-likeness (QED) is 0.737. The van der Waals surface area contributed by atoms with E-state index in [4.69, 9.17) is 0 Å². The molecule has 1 saturated heterocycles. The van der Waals surface area contributed by atoms with Crippen LogP contribution < -0.4 is 4.90 Å². The Hall–Kier alpha value is -0.620. The first kappa shape index (κ1) is 11.9. The van der Waals surface area contributed by atoms with Crippen molar-refractivity contribution < 1.29 is 8.42 Å². The summed E-state index contributed by atoms with van der Waals surface area (Å²) < 4.78 is 23.7. The van der Waals surface area contributed by atoms with E-state index < -0.39 is 9.84 Å². The summed E-state index contributed by atoms with van der Waals surface area (Å²) in [5.41, 5.74) is 0. The Morgan fingerprint density at radius 3 is 2.81 bits per heavy atom. The number of halogens is 1. The van der Waals surface area contributed by atoms with Crippen molar-refractivity contribution in [2.75, 3.05) is 29.5 Å². The van der Waals surface area contributed by atoms with Crippen LogP contribution in [0.3, 0.4) is 0 Å². The van der Waals surface area contributed by atoms with Gasteiger partial charge in [-0.15, -0.1) is 0 Å². The first-order chi connectivity index (χ1) is 7.57. The lowest BCUT2D eigenvalue weighted by Crippen LogP contribution is -2.27. The van der Waals surface area contributed by atoms with Crippen LogP contribution in [0.15, 0.2) is 22.8 Å². The summed E-state index contributed by atoms with van der Waals surface area (Å²) in [6.07, 6.45) is 0.677. The highest BCUT2D eigenvalue weighted by Crippen LogP contribution is 2.17. The summed E-state index contributed by atoms with van der Waals surface area (Å²) in [6, 6.07) is 5.67. The summed E-state index contributed by atoms with van der Waals surface area (Å²) in [5.74, 6) is 1.35. The molecular weight excluding hydrogens is 292 g/mol. The fraction of sp³-hybridized carbons (Fsp3) is 0.500. The standard InChI is InChI=1S/C10H13BrN2O2S/c11-9-3-1-4-10(12-9)13-5-2-7-16(14,15)8-6-13/h1,3-4H,2,5-8H2. The monoisotopic (exact) mass is 304 g/mol. The highest BCUT2D eigenvalue weighted by Gasteiger charge is 2.19. The maximum Gasteiger partial charge on any atom is 0.152 e. The normalized spacial score (nSPS) is 20.4. The third-order valence-electron chi connectivity index (χ3n) is 2.58. The Bertz CT molecular complexity index is 475. The molecule has 1 aromatic heterocycles. The molecule has 0 amide bonds. The summed E-state index contributed by atoms with van der Waals surface area (Å²) in [5, 5.41) is 0. The fourth-order valence-electron chi connectivity index (χ4n) is 1.74. The van der Waals surface area contributed by atoms with Crippen molar-refractivity contribution in [1.82, 2.24) is 4.98 Å². The van der Waals surface area contributed by atoms with Gasteiger partial charge < -0.3 is 4.90 Å². The van der Waals surface area contributed by atoms with E-state index >= 15 is 0 Å². The van der Waals surface area contributed by atoms with Crippen LogP contribution in [-0.4, -0.2) is 38.0 Å². The second-order valence-corrected chi connectivity index (χ2v) is 6.93. The molecule has 0 aliphatic carbocycles. The van der Waals surface area contributed by atoms with Gasteiger partial charge in [0.25, 0.3) is 0 Å². The third-order valence-corrected chi connectivity index (χ3v) is 4.74. The highest BCUT2D eigenvalue weighted by molar-refractivity contribution is 9.10. The van der Waals surface area contributed by atoms with Crippen molar-refractivity contribution in [2.45, 2.75) is 6.42 Å². The molecule has 0 aromatic carbocycles. The van der Waals surface area contributed by atoms with Gasteiger partial charge in [-0.2, -0.15) is 0 Å². The van der Waals surface area contributed by atoms with Crippen LogP contribution in [0.2, 0.25) is 0 Å². The molecule has 0 saturated carbocycles. The zero-order valence-corrected chi connectivity index (χ0v) is 11.2. The number of hydrogen-bond acceptors (Lipinski definition) is 4. The summed E-state index contributed by atoms with van der Waals surface area (Å²) in [7, 11) is -2.85. The lowest BCUT2D eigenvalue weighted by atomic mass is 10.3. The molecule has 0 radical (unpaired) electrons. The van der Waals surface area contributed by atoms with Crippen LogP contribution in [0.1, 0.15) is 6.42 Å². The number of rotatable bonds is 1. The van der Waals surface area contributed by atoms with Crippen molar-refractivity contribution in [3.05, 3.63) is 22.8 Å². The summed E-state index contributed by atoms with van der Waals surface area (Å²) in [6.45, 7) is 1.29. The van der Waals surface area contributed by atoms with Crippen molar-refractivity contribution in [3.63, 3.8) is 0 Å². The van der Waals surface area contributed by atoms with Gasteiger partial charge in [0.1, 0.15) is 10.4 Å². The van der Waals surface area contributed by atoms with Gasteiger partial charge in [-0.25, -0.2) is 13.4 Å². The Balaban J connectivity index is 2.17. The number of pyridine rings is 1. The topological polar surface area (TPSA) is 50.3 Å². The fourth-order valence-corrected chi connectivity index (χ4v) is 3.35. The van der Waals surface area contributed by atoms with Crippen molar-refractivity contribution >= 4 is 31.6 Å². The summed E-state index contributed by atoms with van der Waals surface area (Å²) >= 11 is 3.31. The van der Waals surface area contributed by atoms with Gasteiger partial charge in [0.05, 0.1) is 11.5 Å². The van der Waals surface area contributed by atoms with Crippen LogP contribution in [0.5, 0.6) is 0 Å². The number of sulfone groups is 1. The molecule has 0 atom stereocenters. The smallest absolute Gasteiger partial charge is 0.152 e. The van der Waals surface area contributed by atoms with E-state index in [2.05, 4.69) is 20.9 Å². The molecule has 2 rings (SSSR count). The average Bonchev–Trinajstić information content (AvgIpc) is 2.39. The molecule has 1 aliphatic heterocycles. The zero-order valence-electron chi connectivity index (χ0n) is 8.76. The molecular formula is C10H13BrN2O2S. The van der Waals surface area contributed by atoms with Gasteiger partial charge in [0.2, 0.25) is 0 Å². The molecule has 16 heavy (non-hydrogen) atoms. The van der Waals surface area contributed by atoms with E-state index in [0.717, 1.165) is 17.0 Å². The molecule has 0 spiro atoms. The van der Waals surface area contributed by atoms with Gasteiger partial charge in [-0.1, -0.05) is 6.07 Å². The van der Waals surface area contributed by atoms with Crippen LogP contribution in [0, 0.1) is 0 Å². The predicted octanol–water partition coefficient (Wildman–Crippen LogP) is 1.47. The van der Waals surface area contributed by atoms with Crippen molar-refractivity contribution in [1.29, 1.82) is 0 Å². The Labute approximate surface area is 104 Å². The van der Waals surface area contributed by atoms with Gasteiger partial charge in [0, 0.05) is 13.1 Å². The predicted molar refractivity (Wildman–Crippen MR) is 67.4 cm³/mol. The number of hydrogen-bond donors (Lipinski definition) is 0. The van der Waals surface area contributed by atoms with E-state index in [-0.39, 0.29) is 11.5 Å². The lowest BCUT2D eigenvalue weighted by molar-refractivity contribution is 0.597. The second kappa shape index (κ2) is 4.71. The minimum atomic E-state index is -2.85. The zero-order chi connectivity index (χ0) is 11.6. The average molecular weight is 305 g/mol. The molecule has 0 bridgehead atoms. The van der Waals surface area contributed by atoms with Gasteiger partial charge in [-0.05, 0) is 34.5 Å². The van der Waals surface area contributed by atoms with Crippen molar-refractivity contribution in [3.8, 4) is 0 Å². The lowest BCUT2D eigenvalue weighted by Gasteiger charge is -2.20. The first-order valence-electron chi connectivity index (χ1n) is 5.15. The molecule has 2 heterocycles. The Morgan fingerprint density at radius 1 is 1.25 bits per heavy atom. The van der Waals surface area contributed by atoms with Crippen molar-refractivity contribution in [2.24, 2.45) is 0 Å². The highest BCUT2D eigenvalue weighted by atomic mass is 79.9. The van der Waals surface area contributed by atoms with Gasteiger partial charge >= 0.3 is 0 Å². The Kier molecular flexibility index (Phi) is 3.49. The number of aromatic nitrogens is 1. The first-order valence-corrected chi connectivity index (χ1v) is 7.76. The molecule has 88 valence electrons. The maximum absolute atomic E-state index is 11.5.